The van der Waals surface area contributed by atoms with Crippen molar-refractivity contribution in [3.8, 4) is 0 Å². The van der Waals surface area contributed by atoms with Gasteiger partial charge in [0.25, 0.3) is 0 Å². The molecule has 1 atom stereocenters. The van der Waals surface area contributed by atoms with Crippen molar-refractivity contribution in [1.82, 2.24) is 15.2 Å². The number of carbonyl (C=O) groups is 1. The first-order chi connectivity index (χ1) is 13.6. The number of nitrogens with zero attached hydrogens (tertiary/aromatic N) is 4. The summed E-state index contributed by atoms with van der Waals surface area (Å²) < 4.78 is 10.4. The van der Waals surface area contributed by atoms with E-state index in [9.17, 15) is 4.79 Å². The molecule has 2 aliphatic heterocycles. The standard InChI is InChI=1S/C20H31N5O3.HI/c1-15-14-25(10-11-28-15)18-5-4-16(12-22-18)13-23-20(21-2)24-8-6-17(7-9-24)19(26)27-3;/h4-5,12,15,17H,6-11,13-14H2,1-3H3,(H,21,23);1H. The lowest BCUT2D eigenvalue weighted by atomic mass is 9.97. The van der Waals surface area contributed by atoms with Gasteiger partial charge in [0.15, 0.2) is 5.96 Å². The second-order valence-electron chi connectivity index (χ2n) is 7.34. The molecule has 162 valence electrons. The first-order valence-electron chi connectivity index (χ1n) is 9.95. The van der Waals surface area contributed by atoms with Crippen molar-refractivity contribution in [1.29, 1.82) is 0 Å². The van der Waals surface area contributed by atoms with Gasteiger partial charge in [-0.2, -0.15) is 0 Å². The Balaban J connectivity index is 0.00000300. The fourth-order valence-electron chi connectivity index (χ4n) is 3.74. The van der Waals surface area contributed by atoms with E-state index in [4.69, 9.17) is 9.47 Å². The molecule has 2 aliphatic rings. The Bertz CT molecular complexity index is 677. The predicted molar refractivity (Wildman–Crippen MR) is 124 cm³/mol. The minimum absolute atomic E-state index is 0. The van der Waals surface area contributed by atoms with Crippen molar-refractivity contribution in [2.75, 3.05) is 51.8 Å². The summed E-state index contributed by atoms with van der Waals surface area (Å²) in [6, 6.07) is 4.17. The summed E-state index contributed by atoms with van der Waals surface area (Å²) in [6.07, 6.45) is 3.74. The number of nitrogens with one attached hydrogen (secondary N) is 1. The van der Waals surface area contributed by atoms with Gasteiger partial charge >= 0.3 is 5.97 Å². The summed E-state index contributed by atoms with van der Waals surface area (Å²) in [5, 5.41) is 3.41. The Kier molecular flexibility index (Phi) is 9.41. The van der Waals surface area contributed by atoms with Gasteiger partial charge in [0, 0.05) is 46.0 Å². The maximum atomic E-state index is 11.7. The SMILES string of the molecule is CN=C(NCc1ccc(N2CCOC(C)C2)nc1)N1CCC(C(=O)OC)CC1.I. The zero-order valence-electron chi connectivity index (χ0n) is 17.5. The lowest BCUT2D eigenvalue weighted by Crippen LogP contribution is -2.46. The van der Waals surface area contributed by atoms with Gasteiger partial charge in [0.05, 0.1) is 25.7 Å². The number of esters is 1. The van der Waals surface area contributed by atoms with E-state index >= 15 is 0 Å². The van der Waals surface area contributed by atoms with Crippen molar-refractivity contribution in [2.24, 2.45) is 10.9 Å². The summed E-state index contributed by atoms with van der Waals surface area (Å²) in [6.45, 7) is 6.84. The molecule has 1 unspecified atom stereocenters. The number of carbonyl (C=O) groups excluding carboxylic acids is 1. The molecule has 2 saturated heterocycles. The number of hydrogen-bond donors (Lipinski definition) is 1. The average Bonchev–Trinajstić information content (AvgIpc) is 2.74. The zero-order valence-corrected chi connectivity index (χ0v) is 19.8. The fourth-order valence-corrected chi connectivity index (χ4v) is 3.74. The van der Waals surface area contributed by atoms with Gasteiger partial charge in [-0.15, -0.1) is 24.0 Å². The van der Waals surface area contributed by atoms with E-state index in [1.54, 1.807) is 7.05 Å². The van der Waals surface area contributed by atoms with Crippen LogP contribution in [0.4, 0.5) is 5.82 Å². The number of anilines is 1. The quantitative estimate of drug-likeness (QED) is 0.283. The van der Waals surface area contributed by atoms with Crippen molar-refractivity contribution < 1.29 is 14.3 Å². The third-order valence-electron chi connectivity index (χ3n) is 5.37. The molecule has 0 aliphatic carbocycles. The van der Waals surface area contributed by atoms with Crippen LogP contribution in [0.3, 0.4) is 0 Å². The fraction of sp³-hybridized carbons (Fsp3) is 0.650. The molecule has 1 N–H and O–H groups in total. The summed E-state index contributed by atoms with van der Waals surface area (Å²) in [7, 11) is 3.24. The van der Waals surface area contributed by atoms with E-state index in [0.717, 1.165) is 63.0 Å². The van der Waals surface area contributed by atoms with Crippen molar-refractivity contribution in [3.63, 3.8) is 0 Å². The smallest absolute Gasteiger partial charge is 0.308 e. The molecular formula is C20H32IN5O3. The molecule has 8 nitrogen and oxygen atoms in total. The summed E-state index contributed by atoms with van der Waals surface area (Å²) >= 11 is 0. The van der Waals surface area contributed by atoms with E-state index in [0.29, 0.717) is 6.54 Å². The van der Waals surface area contributed by atoms with Gasteiger partial charge < -0.3 is 24.6 Å². The lowest BCUT2D eigenvalue weighted by Gasteiger charge is -2.33. The van der Waals surface area contributed by atoms with Crippen molar-refractivity contribution in [3.05, 3.63) is 23.9 Å². The van der Waals surface area contributed by atoms with Gasteiger partial charge in [0.2, 0.25) is 0 Å². The highest BCUT2D eigenvalue weighted by atomic mass is 127. The lowest BCUT2D eigenvalue weighted by molar-refractivity contribution is -0.146. The van der Waals surface area contributed by atoms with Crippen LogP contribution in [0.25, 0.3) is 0 Å². The van der Waals surface area contributed by atoms with Crippen LogP contribution >= 0.6 is 24.0 Å². The molecule has 9 heteroatoms. The van der Waals surface area contributed by atoms with Crippen LogP contribution < -0.4 is 10.2 Å². The molecule has 3 heterocycles. The molecule has 29 heavy (non-hydrogen) atoms. The summed E-state index contributed by atoms with van der Waals surface area (Å²) in [5.74, 6) is 1.74. The molecule has 0 amide bonds. The molecule has 0 spiro atoms. The normalized spacial score (nSPS) is 20.8. The second kappa shape index (κ2) is 11.5. The number of likely N-dealkylation sites (tertiary alicyclic amines) is 1. The number of aliphatic imine (C=N–C) groups is 1. The third-order valence-corrected chi connectivity index (χ3v) is 5.37. The molecule has 1 aromatic rings. The Morgan fingerprint density at radius 1 is 1.34 bits per heavy atom. The number of aromatic nitrogens is 1. The molecule has 3 rings (SSSR count). The molecule has 2 fully saturated rings. The highest BCUT2D eigenvalue weighted by Gasteiger charge is 2.27. The summed E-state index contributed by atoms with van der Waals surface area (Å²) in [4.78, 5) is 25.1. The largest absolute Gasteiger partial charge is 0.469 e. The maximum absolute atomic E-state index is 11.7. The maximum Gasteiger partial charge on any atom is 0.308 e. The molecule has 0 bridgehead atoms. The first-order valence-corrected chi connectivity index (χ1v) is 9.95. The van der Waals surface area contributed by atoms with Crippen LogP contribution in [0, 0.1) is 5.92 Å². The van der Waals surface area contributed by atoms with Crippen LogP contribution in [-0.4, -0.2) is 74.9 Å². The Labute approximate surface area is 190 Å². The number of morpholine rings is 1. The van der Waals surface area contributed by atoms with Gasteiger partial charge in [-0.25, -0.2) is 4.98 Å². The average molecular weight is 517 g/mol. The molecule has 0 radical (unpaired) electrons. The molecular weight excluding hydrogens is 485 g/mol. The van der Waals surface area contributed by atoms with E-state index in [1.165, 1.54) is 7.11 Å². The van der Waals surface area contributed by atoms with Gasteiger partial charge in [-0.05, 0) is 31.4 Å². The topological polar surface area (TPSA) is 79.3 Å². The number of ether oxygens (including phenoxy) is 2. The Morgan fingerprint density at radius 2 is 2.10 bits per heavy atom. The van der Waals surface area contributed by atoms with Crippen molar-refractivity contribution >= 4 is 41.7 Å². The highest BCUT2D eigenvalue weighted by Crippen LogP contribution is 2.19. The van der Waals surface area contributed by atoms with E-state index in [1.807, 2.05) is 6.20 Å². The number of methoxy groups -OCH3 is 1. The van der Waals surface area contributed by atoms with E-state index in [-0.39, 0.29) is 42.0 Å². The number of pyridine rings is 1. The third kappa shape index (κ3) is 6.43. The summed E-state index contributed by atoms with van der Waals surface area (Å²) in [5.41, 5.74) is 1.11. The van der Waals surface area contributed by atoms with Crippen LogP contribution in [0.1, 0.15) is 25.3 Å². The minimum atomic E-state index is -0.108. The van der Waals surface area contributed by atoms with Crippen molar-refractivity contribution in [2.45, 2.75) is 32.4 Å². The monoisotopic (exact) mass is 517 g/mol. The number of piperidine rings is 1. The number of guanidine groups is 1. The van der Waals surface area contributed by atoms with Gasteiger partial charge in [-0.3, -0.25) is 9.79 Å². The Morgan fingerprint density at radius 3 is 2.69 bits per heavy atom. The Hall–Kier alpha value is -1.62. The van der Waals surface area contributed by atoms with Crippen LogP contribution in [-0.2, 0) is 20.8 Å². The minimum Gasteiger partial charge on any atom is -0.469 e. The van der Waals surface area contributed by atoms with Crippen LogP contribution in [0.15, 0.2) is 23.3 Å². The predicted octanol–water partition coefficient (Wildman–Crippen LogP) is 1.89. The molecule has 0 saturated carbocycles. The molecule has 1 aromatic heterocycles. The number of rotatable bonds is 4. The van der Waals surface area contributed by atoms with Gasteiger partial charge in [0.1, 0.15) is 5.82 Å². The van der Waals surface area contributed by atoms with E-state index < -0.39 is 0 Å². The first kappa shape index (κ1) is 23.7. The number of hydrogen-bond acceptors (Lipinski definition) is 6. The molecule has 0 aromatic carbocycles. The van der Waals surface area contributed by atoms with Crippen LogP contribution in [0.2, 0.25) is 0 Å². The second-order valence-corrected chi connectivity index (χ2v) is 7.34. The zero-order chi connectivity index (χ0) is 19.9. The number of halogens is 1. The van der Waals surface area contributed by atoms with Gasteiger partial charge in [-0.1, -0.05) is 6.07 Å². The van der Waals surface area contributed by atoms with E-state index in [2.05, 4.69) is 44.1 Å². The van der Waals surface area contributed by atoms with Crippen LogP contribution in [0.5, 0.6) is 0 Å². The highest BCUT2D eigenvalue weighted by molar-refractivity contribution is 14.0.